The van der Waals surface area contributed by atoms with Crippen molar-refractivity contribution in [1.29, 1.82) is 0 Å². The molecule has 0 aliphatic carbocycles. The number of amides is 4. The van der Waals surface area contributed by atoms with Gasteiger partial charge in [0.1, 0.15) is 11.4 Å². The zero-order valence-corrected chi connectivity index (χ0v) is 13.8. The van der Waals surface area contributed by atoms with Gasteiger partial charge in [-0.05, 0) is 29.8 Å². The third-order valence-corrected chi connectivity index (χ3v) is 4.50. The Morgan fingerprint density at radius 2 is 1.85 bits per heavy atom. The molecule has 0 spiro atoms. The summed E-state index contributed by atoms with van der Waals surface area (Å²) in [4.78, 5) is 47.8. The van der Waals surface area contributed by atoms with Crippen LogP contribution in [0.1, 0.15) is 10.4 Å². The van der Waals surface area contributed by atoms with Crippen LogP contribution in [0.3, 0.4) is 0 Å². The van der Waals surface area contributed by atoms with Crippen molar-refractivity contribution in [3.05, 3.63) is 68.3 Å². The Kier molecular flexibility index (Phi) is 4.59. The normalized spacial score (nSPS) is 16.1. The molecule has 132 valence electrons. The van der Waals surface area contributed by atoms with Gasteiger partial charge in [0.2, 0.25) is 0 Å². The van der Waals surface area contributed by atoms with E-state index in [0.717, 1.165) is 16.2 Å². The molecule has 0 bridgehead atoms. The minimum absolute atomic E-state index is 0.139. The molecule has 1 aliphatic rings. The van der Waals surface area contributed by atoms with E-state index in [1.165, 1.54) is 42.5 Å². The summed E-state index contributed by atoms with van der Waals surface area (Å²) in [5.41, 5.74) is 0.179. The fraction of sp³-hybridized carbons (Fsp3) is 0.0625. The summed E-state index contributed by atoms with van der Waals surface area (Å²) in [5, 5.41) is 12.6. The number of rotatable bonds is 4. The van der Waals surface area contributed by atoms with Crippen molar-refractivity contribution in [2.45, 2.75) is 6.54 Å². The van der Waals surface area contributed by atoms with Gasteiger partial charge in [0.05, 0.1) is 11.5 Å². The maximum atomic E-state index is 13.0. The van der Waals surface area contributed by atoms with E-state index >= 15 is 0 Å². The lowest BCUT2D eigenvalue weighted by Crippen LogP contribution is -2.53. The second-order valence-corrected chi connectivity index (χ2v) is 6.36. The fourth-order valence-corrected chi connectivity index (χ4v) is 3.04. The highest BCUT2D eigenvalue weighted by molar-refractivity contribution is 7.16. The number of carbonyl (C=O) groups excluding carboxylic acids is 3. The van der Waals surface area contributed by atoms with Crippen molar-refractivity contribution in [3.63, 3.8) is 0 Å². The van der Waals surface area contributed by atoms with Gasteiger partial charge in [0.25, 0.3) is 11.8 Å². The number of hydrogen-bond donors (Lipinski definition) is 1. The van der Waals surface area contributed by atoms with Crippen molar-refractivity contribution >= 4 is 40.3 Å². The van der Waals surface area contributed by atoms with Gasteiger partial charge in [-0.15, -0.1) is 0 Å². The van der Waals surface area contributed by atoms with Crippen molar-refractivity contribution in [2.75, 3.05) is 0 Å². The van der Waals surface area contributed by atoms with Crippen LogP contribution in [0.5, 0.6) is 0 Å². The van der Waals surface area contributed by atoms with Gasteiger partial charge in [0.15, 0.2) is 0 Å². The van der Waals surface area contributed by atoms with Crippen LogP contribution in [0.15, 0.2) is 42.0 Å². The first-order valence-electron chi connectivity index (χ1n) is 7.22. The molecule has 0 atom stereocenters. The minimum atomic E-state index is -0.890. The Labute approximate surface area is 149 Å². The molecule has 1 aromatic heterocycles. The summed E-state index contributed by atoms with van der Waals surface area (Å²) >= 11 is 0.794. The summed E-state index contributed by atoms with van der Waals surface area (Å²) in [6, 6.07) is 6.97. The van der Waals surface area contributed by atoms with E-state index in [4.69, 9.17) is 0 Å². The first-order valence-corrected chi connectivity index (χ1v) is 8.04. The van der Waals surface area contributed by atoms with E-state index < -0.39 is 28.6 Å². The molecular formula is C16H10FN3O5S. The highest BCUT2D eigenvalue weighted by Gasteiger charge is 2.35. The standard InChI is InChI=1S/C16H10FN3O5S/c17-10-3-1-9(2-4-10)8-19-15(22)12(14(21)18-16(19)23)7-11-5-6-13(26-11)20(24)25/h1-7H,8H2,(H,18,21,23)/b12-7+. The molecule has 26 heavy (non-hydrogen) atoms. The Balaban J connectivity index is 1.88. The Bertz CT molecular complexity index is 951. The topological polar surface area (TPSA) is 110 Å². The van der Waals surface area contributed by atoms with Crippen LogP contribution in [-0.4, -0.2) is 27.7 Å². The average Bonchev–Trinajstić information content (AvgIpc) is 3.06. The molecule has 3 rings (SSSR count). The zero-order chi connectivity index (χ0) is 18.8. The van der Waals surface area contributed by atoms with E-state index in [9.17, 15) is 28.9 Å². The molecule has 1 fully saturated rings. The van der Waals surface area contributed by atoms with Crippen molar-refractivity contribution in [1.82, 2.24) is 10.2 Å². The van der Waals surface area contributed by atoms with Crippen molar-refractivity contribution in [2.24, 2.45) is 0 Å². The molecule has 0 radical (unpaired) electrons. The molecule has 1 N–H and O–H groups in total. The smallest absolute Gasteiger partial charge is 0.273 e. The van der Waals surface area contributed by atoms with Gasteiger partial charge in [-0.2, -0.15) is 0 Å². The number of hydrogen-bond acceptors (Lipinski definition) is 6. The van der Waals surface area contributed by atoms with E-state index in [2.05, 4.69) is 0 Å². The number of carbonyl (C=O) groups is 3. The molecular weight excluding hydrogens is 365 g/mol. The van der Waals surface area contributed by atoms with Crippen LogP contribution in [0.2, 0.25) is 0 Å². The van der Waals surface area contributed by atoms with E-state index in [0.29, 0.717) is 10.4 Å². The molecule has 4 amide bonds. The number of benzene rings is 1. The summed E-state index contributed by atoms with van der Waals surface area (Å²) in [6.07, 6.45) is 1.19. The van der Waals surface area contributed by atoms with Gasteiger partial charge < -0.3 is 0 Å². The Morgan fingerprint density at radius 1 is 1.15 bits per heavy atom. The summed E-state index contributed by atoms with van der Waals surface area (Å²) in [7, 11) is 0. The molecule has 2 aromatic rings. The summed E-state index contributed by atoms with van der Waals surface area (Å²) in [6.45, 7) is -0.153. The molecule has 1 saturated heterocycles. The van der Waals surface area contributed by atoms with Crippen molar-refractivity contribution < 1.29 is 23.7 Å². The highest BCUT2D eigenvalue weighted by Crippen LogP contribution is 2.27. The first kappa shape index (κ1) is 17.4. The van der Waals surface area contributed by atoms with E-state index in [-0.39, 0.29) is 17.1 Å². The second kappa shape index (κ2) is 6.84. The van der Waals surface area contributed by atoms with Crippen LogP contribution in [-0.2, 0) is 16.1 Å². The Morgan fingerprint density at radius 3 is 2.46 bits per heavy atom. The van der Waals surface area contributed by atoms with Gasteiger partial charge in [-0.25, -0.2) is 9.18 Å². The molecule has 8 nitrogen and oxygen atoms in total. The second-order valence-electron chi connectivity index (χ2n) is 5.27. The van der Waals surface area contributed by atoms with Crippen LogP contribution >= 0.6 is 11.3 Å². The Hall–Kier alpha value is -3.40. The highest BCUT2D eigenvalue weighted by atomic mass is 32.1. The minimum Gasteiger partial charge on any atom is -0.273 e. The molecule has 0 saturated carbocycles. The molecule has 0 unspecified atom stereocenters. The molecule has 2 heterocycles. The molecule has 10 heteroatoms. The number of nitrogens with one attached hydrogen (secondary N) is 1. The molecule has 1 aromatic carbocycles. The predicted molar refractivity (Wildman–Crippen MR) is 89.4 cm³/mol. The van der Waals surface area contributed by atoms with E-state index in [1.807, 2.05) is 5.32 Å². The van der Waals surface area contributed by atoms with E-state index in [1.54, 1.807) is 0 Å². The number of barbiturate groups is 1. The number of halogens is 1. The predicted octanol–water partition coefficient (Wildman–Crippen LogP) is 2.46. The van der Waals surface area contributed by atoms with Crippen LogP contribution in [0.4, 0.5) is 14.2 Å². The first-order chi connectivity index (χ1) is 12.3. The lowest BCUT2D eigenvalue weighted by atomic mass is 10.1. The van der Waals surface area contributed by atoms with Gasteiger partial charge in [-0.1, -0.05) is 23.5 Å². The lowest BCUT2D eigenvalue weighted by molar-refractivity contribution is -0.380. The summed E-state index contributed by atoms with van der Waals surface area (Å²) < 4.78 is 13.0. The lowest BCUT2D eigenvalue weighted by Gasteiger charge is -2.26. The van der Waals surface area contributed by atoms with Crippen LogP contribution in [0, 0.1) is 15.9 Å². The number of nitro groups is 1. The third kappa shape index (κ3) is 3.49. The maximum Gasteiger partial charge on any atom is 0.331 e. The van der Waals surface area contributed by atoms with Gasteiger partial charge >= 0.3 is 11.0 Å². The maximum absolute atomic E-state index is 13.0. The third-order valence-electron chi connectivity index (χ3n) is 3.52. The van der Waals surface area contributed by atoms with Gasteiger partial charge in [-0.3, -0.25) is 29.9 Å². The number of thiophene rings is 1. The van der Waals surface area contributed by atoms with Crippen molar-refractivity contribution in [3.8, 4) is 0 Å². The average molecular weight is 375 g/mol. The van der Waals surface area contributed by atoms with Gasteiger partial charge in [0, 0.05) is 10.9 Å². The molecule has 1 aliphatic heterocycles. The monoisotopic (exact) mass is 375 g/mol. The van der Waals surface area contributed by atoms with Crippen LogP contribution in [0.25, 0.3) is 6.08 Å². The SMILES string of the molecule is O=C1NC(=O)N(Cc2ccc(F)cc2)C(=O)/C1=C/c1ccc([N+](=O)[O-])s1. The fourth-order valence-electron chi connectivity index (χ4n) is 2.27. The zero-order valence-electron chi connectivity index (χ0n) is 13.0. The number of imide groups is 2. The summed E-state index contributed by atoms with van der Waals surface area (Å²) in [5.74, 6) is -2.18. The number of urea groups is 1. The van der Waals surface area contributed by atoms with Crippen LogP contribution < -0.4 is 5.32 Å². The largest absolute Gasteiger partial charge is 0.331 e. The number of nitrogens with zero attached hydrogens (tertiary/aromatic N) is 2. The quantitative estimate of drug-likeness (QED) is 0.382.